The highest BCUT2D eigenvalue weighted by molar-refractivity contribution is 7.97. The second-order valence-corrected chi connectivity index (χ2v) is 5.41. The van der Waals surface area contributed by atoms with Crippen LogP contribution >= 0.6 is 11.9 Å². The monoisotopic (exact) mass is 263 g/mol. The molecular weight excluding hydrogens is 246 g/mol. The predicted octanol–water partition coefficient (Wildman–Crippen LogP) is 3.21. The van der Waals surface area contributed by atoms with E-state index in [0.717, 1.165) is 17.6 Å². The van der Waals surface area contributed by atoms with Gasteiger partial charge in [-0.1, -0.05) is 18.6 Å². The fourth-order valence-electron chi connectivity index (χ4n) is 2.23. The van der Waals surface area contributed by atoms with Gasteiger partial charge in [-0.15, -0.1) is 0 Å². The van der Waals surface area contributed by atoms with Gasteiger partial charge in [0.15, 0.2) is 5.58 Å². The van der Waals surface area contributed by atoms with E-state index in [2.05, 4.69) is 21.7 Å². The Morgan fingerprint density at radius 2 is 2.28 bits per heavy atom. The molecule has 2 aromatic rings. The van der Waals surface area contributed by atoms with Crippen LogP contribution < -0.4 is 4.83 Å². The number of fused-ring (bicyclic) bond motifs is 1. The van der Waals surface area contributed by atoms with Gasteiger partial charge in [-0.2, -0.15) is 4.83 Å². The van der Waals surface area contributed by atoms with E-state index in [9.17, 15) is 0 Å². The summed E-state index contributed by atoms with van der Waals surface area (Å²) in [7, 11) is 0. The molecule has 1 saturated heterocycles. The minimum atomic E-state index is 0.579. The van der Waals surface area contributed by atoms with Crippen LogP contribution in [0.1, 0.15) is 26.2 Å². The smallest absolute Gasteiger partial charge is 0.273 e. The van der Waals surface area contributed by atoms with Crippen LogP contribution in [0.15, 0.2) is 33.9 Å². The summed E-state index contributed by atoms with van der Waals surface area (Å²) >= 11 is 1.45. The summed E-state index contributed by atoms with van der Waals surface area (Å²) in [4.78, 5) is 7.77. The molecule has 1 fully saturated rings. The van der Waals surface area contributed by atoms with E-state index < -0.39 is 0 Å². The molecule has 0 aliphatic carbocycles. The maximum Gasteiger partial charge on any atom is 0.273 e. The molecule has 96 valence electrons. The van der Waals surface area contributed by atoms with Gasteiger partial charge in [0.25, 0.3) is 5.22 Å². The number of hydrazine groups is 1. The first-order valence-corrected chi connectivity index (χ1v) is 7.19. The van der Waals surface area contributed by atoms with Crippen LogP contribution in [0.5, 0.6) is 0 Å². The second-order valence-electron chi connectivity index (χ2n) is 4.68. The van der Waals surface area contributed by atoms with Gasteiger partial charge in [-0.3, -0.25) is 0 Å². The molecule has 0 bridgehead atoms. The summed E-state index contributed by atoms with van der Waals surface area (Å²) in [6, 6.07) is 8.42. The highest BCUT2D eigenvalue weighted by Gasteiger charge is 2.18. The first kappa shape index (κ1) is 12.0. The van der Waals surface area contributed by atoms with E-state index in [1.54, 1.807) is 0 Å². The molecular formula is C13H17N3OS. The molecule has 1 aliphatic rings. The third-order valence-corrected chi connectivity index (χ3v) is 4.00. The van der Waals surface area contributed by atoms with Gasteiger partial charge in [0.05, 0.1) is 0 Å². The summed E-state index contributed by atoms with van der Waals surface area (Å²) < 4.78 is 5.66. The zero-order valence-electron chi connectivity index (χ0n) is 10.4. The highest BCUT2D eigenvalue weighted by Crippen LogP contribution is 2.23. The Morgan fingerprint density at radius 1 is 1.39 bits per heavy atom. The SMILES string of the molecule is CC1CCCCN1NSc1nc2ccccc2o1. The van der Waals surface area contributed by atoms with E-state index in [1.807, 2.05) is 24.3 Å². The van der Waals surface area contributed by atoms with E-state index in [0.29, 0.717) is 11.3 Å². The number of oxazole rings is 1. The molecule has 0 spiro atoms. The summed E-state index contributed by atoms with van der Waals surface area (Å²) in [5, 5.41) is 2.94. The molecule has 1 aromatic carbocycles. The van der Waals surface area contributed by atoms with Gasteiger partial charge >= 0.3 is 0 Å². The van der Waals surface area contributed by atoms with Crippen molar-refractivity contribution in [2.24, 2.45) is 0 Å². The molecule has 2 heterocycles. The number of benzene rings is 1. The number of nitrogens with zero attached hydrogens (tertiary/aromatic N) is 2. The zero-order chi connectivity index (χ0) is 12.4. The minimum absolute atomic E-state index is 0.579. The number of aromatic nitrogens is 1. The van der Waals surface area contributed by atoms with Crippen molar-refractivity contribution in [3.8, 4) is 0 Å². The van der Waals surface area contributed by atoms with Crippen LogP contribution in [-0.2, 0) is 0 Å². The molecule has 1 unspecified atom stereocenters. The van der Waals surface area contributed by atoms with Crippen molar-refractivity contribution < 1.29 is 4.42 Å². The highest BCUT2D eigenvalue weighted by atomic mass is 32.2. The van der Waals surface area contributed by atoms with Crippen molar-refractivity contribution in [2.75, 3.05) is 6.54 Å². The van der Waals surface area contributed by atoms with Gasteiger partial charge in [-0.25, -0.2) is 9.99 Å². The van der Waals surface area contributed by atoms with Gasteiger partial charge in [0.1, 0.15) is 5.52 Å². The zero-order valence-corrected chi connectivity index (χ0v) is 11.2. The molecule has 4 nitrogen and oxygen atoms in total. The van der Waals surface area contributed by atoms with Gasteiger partial charge in [0, 0.05) is 24.5 Å². The molecule has 0 saturated carbocycles. The summed E-state index contributed by atoms with van der Waals surface area (Å²) in [5.74, 6) is 0. The number of rotatable bonds is 3. The molecule has 3 rings (SSSR count). The lowest BCUT2D eigenvalue weighted by molar-refractivity contribution is 0.139. The molecule has 1 aromatic heterocycles. The van der Waals surface area contributed by atoms with Crippen LogP contribution in [-0.4, -0.2) is 22.6 Å². The van der Waals surface area contributed by atoms with Crippen molar-refractivity contribution in [1.82, 2.24) is 14.8 Å². The largest absolute Gasteiger partial charge is 0.430 e. The fourth-order valence-corrected chi connectivity index (χ4v) is 2.97. The summed E-state index contributed by atoms with van der Waals surface area (Å²) in [6.45, 7) is 3.34. The minimum Gasteiger partial charge on any atom is -0.430 e. The molecule has 18 heavy (non-hydrogen) atoms. The molecule has 0 radical (unpaired) electrons. The Morgan fingerprint density at radius 3 is 3.11 bits per heavy atom. The average Bonchev–Trinajstić information content (AvgIpc) is 2.80. The number of piperidine rings is 1. The van der Waals surface area contributed by atoms with Crippen molar-refractivity contribution in [2.45, 2.75) is 37.5 Å². The first-order valence-electron chi connectivity index (χ1n) is 6.37. The van der Waals surface area contributed by atoms with Gasteiger partial charge < -0.3 is 4.42 Å². The van der Waals surface area contributed by atoms with Crippen LogP contribution in [0, 0.1) is 0 Å². The Hall–Kier alpha value is -1.04. The normalized spacial score (nSPS) is 21.5. The number of para-hydroxylation sites is 2. The van der Waals surface area contributed by atoms with Gasteiger partial charge in [-0.05, 0) is 31.9 Å². The number of hydrogen-bond acceptors (Lipinski definition) is 5. The maximum absolute atomic E-state index is 5.66. The lowest BCUT2D eigenvalue weighted by Gasteiger charge is -2.32. The lowest BCUT2D eigenvalue weighted by Crippen LogP contribution is -2.43. The maximum atomic E-state index is 5.66. The predicted molar refractivity (Wildman–Crippen MR) is 73.0 cm³/mol. The van der Waals surface area contributed by atoms with Crippen LogP contribution in [0.2, 0.25) is 0 Å². The van der Waals surface area contributed by atoms with Gasteiger partial charge in [0.2, 0.25) is 0 Å². The van der Waals surface area contributed by atoms with E-state index in [1.165, 1.54) is 31.2 Å². The van der Waals surface area contributed by atoms with E-state index in [4.69, 9.17) is 4.42 Å². The Bertz CT molecular complexity index is 495. The van der Waals surface area contributed by atoms with E-state index >= 15 is 0 Å². The van der Waals surface area contributed by atoms with Crippen molar-refractivity contribution in [3.05, 3.63) is 24.3 Å². The van der Waals surface area contributed by atoms with Crippen LogP contribution in [0.4, 0.5) is 0 Å². The molecule has 5 heteroatoms. The number of hydrogen-bond donors (Lipinski definition) is 1. The van der Waals surface area contributed by atoms with Crippen molar-refractivity contribution in [3.63, 3.8) is 0 Å². The first-order chi connectivity index (χ1) is 8.83. The second kappa shape index (κ2) is 5.30. The molecule has 1 N–H and O–H groups in total. The van der Waals surface area contributed by atoms with Crippen LogP contribution in [0.3, 0.4) is 0 Å². The summed E-state index contributed by atoms with van der Waals surface area (Å²) in [5.41, 5.74) is 1.75. The molecule has 1 aliphatic heterocycles. The third kappa shape index (κ3) is 2.53. The van der Waals surface area contributed by atoms with Crippen molar-refractivity contribution >= 4 is 23.0 Å². The fraction of sp³-hybridized carbons (Fsp3) is 0.462. The topological polar surface area (TPSA) is 41.3 Å². The summed E-state index contributed by atoms with van der Waals surface area (Å²) in [6.07, 6.45) is 3.83. The Kier molecular flexibility index (Phi) is 3.54. The number of nitrogens with one attached hydrogen (secondary N) is 1. The molecule has 1 atom stereocenters. The third-order valence-electron chi connectivity index (χ3n) is 3.33. The van der Waals surface area contributed by atoms with Crippen molar-refractivity contribution in [1.29, 1.82) is 0 Å². The average molecular weight is 263 g/mol. The quantitative estimate of drug-likeness (QED) is 0.861. The van der Waals surface area contributed by atoms with Crippen LogP contribution in [0.25, 0.3) is 11.1 Å². The lowest BCUT2D eigenvalue weighted by atomic mass is 10.1. The molecule has 0 amide bonds. The Labute approximate surface area is 111 Å². The van der Waals surface area contributed by atoms with E-state index in [-0.39, 0.29) is 0 Å². The Balaban J connectivity index is 1.65. The standard InChI is InChI=1S/C13H17N3OS/c1-10-6-4-5-9-16(10)15-18-13-14-11-7-2-3-8-12(11)17-13/h2-3,7-8,10,15H,4-6,9H2,1H3.